The standard InChI is InChI=1S/C13H16F3N3O4S/c1-12(2)6-9(18-23-12)24(20,21)7-8-10(13(14,15)16)17-19-4-3-5-22-11(8)19/h3-7H2,1-2H3. The summed E-state index contributed by atoms with van der Waals surface area (Å²) in [6, 6.07) is 0. The fourth-order valence-corrected chi connectivity index (χ4v) is 4.11. The third-order valence-corrected chi connectivity index (χ3v) is 5.29. The van der Waals surface area contributed by atoms with Gasteiger partial charge in [0.1, 0.15) is 5.60 Å². The molecular formula is C13H16F3N3O4S. The molecule has 0 fully saturated rings. The number of ether oxygens (including phenoxy) is 1. The number of rotatable bonds is 2. The van der Waals surface area contributed by atoms with E-state index in [1.807, 2.05) is 0 Å². The summed E-state index contributed by atoms with van der Waals surface area (Å²) >= 11 is 0. The van der Waals surface area contributed by atoms with Gasteiger partial charge in [-0.15, -0.1) is 0 Å². The summed E-state index contributed by atoms with van der Waals surface area (Å²) in [5.74, 6) is -1.02. The molecule has 0 aliphatic carbocycles. The number of aryl methyl sites for hydroxylation is 1. The number of hydrogen-bond donors (Lipinski definition) is 0. The Hall–Kier alpha value is -1.78. The highest BCUT2D eigenvalue weighted by molar-refractivity contribution is 8.05. The van der Waals surface area contributed by atoms with E-state index in [1.165, 1.54) is 0 Å². The first kappa shape index (κ1) is 17.1. The summed E-state index contributed by atoms with van der Waals surface area (Å²) in [4.78, 5) is 5.00. The Bertz CT molecular complexity index is 796. The lowest BCUT2D eigenvalue weighted by Crippen LogP contribution is -2.24. The summed E-state index contributed by atoms with van der Waals surface area (Å²) in [5.41, 5.74) is -2.51. The topological polar surface area (TPSA) is 82.8 Å². The van der Waals surface area contributed by atoms with Crippen LogP contribution in [-0.2, 0) is 33.1 Å². The van der Waals surface area contributed by atoms with Crippen molar-refractivity contribution < 1.29 is 31.2 Å². The molecule has 0 amide bonds. The number of oxime groups is 1. The van der Waals surface area contributed by atoms with Gasteiger partial charge in [-0.1, -0.05) is 5.16 Å². The highest BCUT2D eigenvalue weighted by Gasteiger charge is 2.43. The average Bonchev–Trinajstić information content (AvgIpc) is 3.00. The van der Waals surface area contributed by atoms with Crippen LogP contribution in [0.5, 0.6) is 5.88 Å². The van der Waals surface area contributed by atoms with Crippen LogP contribution in [0, 0.1) is 0 Å². The zero-order chi connectivity index (χ0) is 17.8. The number of fused-ring (bicyclic) bond motifs is 1. The average molecular weight is 367 g/mol. The van der Waals surface area contributed by atoms with Crippen molar-refractivity contribution in [3.8, 4) is 5.88 Å². The van der Waals surface area contributed by atoms with Crippen LogP contribution in [0.1, 0.15) is 37.9 Å². The minimum atomic E-state index is -4.77. The van der Waals surface area contributed by atoms with Gasteiger partial charge in [-0.05, 0) is 13.8 Å². The fraction of sp³-hybridized carbons (Fsp3) is 0.692. The maximum atomic E-state index is 13.2. The molecule has 0 radical (unpaired) electrons. The van der Waals surface area contributed by atoms with Crippen LogP contribution < -0.4 is 4.74 Å². The monoisotopic (exact) mass is 367 g/mol. The van der Waals surface area contributed by atoms with Crippen LogP contribution in [0.4, 0.5) is 13.2 Å². The predicted octanol–water partition coefficient (Wildman–Crippen LogP) is 2.11. The van der Waals surface area contributed by atoms with Gasteiger partial charge in [0.15, 0.2) is 20.6 Å². The molecule has 1 aromatic rings. The Labute approximate surface area is 136 Å². The zero-order valence-electron chi connectivity index (χ0n) is 13.1. The lowest BCUT2D eigenvalue weighted by Gasteiger charge is -2.16. The Kier molecular flexibility index (Phi) is 3.81. The van der Waals surface area contributed by atoms with Crippen molar-refractivity contribution in [3.05, 3.63) is 11.3 Å². The normalized spacial score (nSPS) is 20.1. The smallest absolute Gasteiger partial charge is 0.435 e. The number of halogens is 3. The van der Waals surface area contributed by atoms with Gasteiger partial charge >= 0.3 is 6.18 Å². The zero-order valence-corrected chi connectivity index (χ0v) is 13.9. The Morgan fingerprint density at radius 3 is 2.62 bits per heavy atom. The van der Waals surface area contributed by atoms with Crippen molar-refractivity contribution in [2.45, 2.75) is 50.8 Å². The van der Waals surface area contributed by atoms with E-state index in [0.29, 0.717) is 6.42 Å². The number of nitrogens with zero attached hydrogens (tertiary/aromatic N) is 3. The summed E-state index contributed by atoms with van der Waals surface area (Å²) < 4.78 is 71.0. The van der Waals surface area contributed by atoms with Gasteiger partial charge in [-0.2, -0.15) is 18.3 Å². The van der Waals surface area contributed by atoms with E-state index >= 15 is 0 Å². The molecule has 3 heterocycles. The van der Waals surface area contributed by atoms with Gasteiger partial charge in [0.05, 0.1) is 17.9 Å². The molecule has 0 atom stereocenters. The number of alkyl halides is 3. The number of aromatic nitrogens is 2. The van der Waals surface area contributed by atoms with Crippen LogP contribution in [0.3, 0.4) is 0 Å². The molecule has 0 N–H and O–H groups in total. The molecule has 24 heavy (non-hydrogen) atoms. The van der Waals surface area contributed by atoms with Crippen molar-refractivity contribution in [2.24, 2.45) is 5.16 Å². The molecular weight excluding hydrogens is 351 g/mol. The Balaban J connectivity index is 1.99. The van der Waals surface area contributed by atoms with E-state index in [-0.39, 0.29) is 30.5 Å². The maximum absolute atomic E-state index is 13.2. The van der Waals surface area contributed by atoms with E-state index in [4.69, 9.17) is 9.57 Å². The second-order valence-corrected chi connectivity index (χ2v) is 8.32. The molecule has 0 saturated carbocycles. The molecule has 0 unspecified atom stereocenters. The van der Waals surface area contributed by atoms with Gasteiger partial charge in [0.2, 0.25) is 5.88 Å². The number of hydrogen-bond acceptors (Lipinski definition) is 6. The molecule has 3 rings (SSSR count). The summed E-state index contributed by atoms with van der Waals surface area (Å²) in [5, 5.41) is 6.75. The van der Waals surface area contributed by atoms with Crippen LogP contribution in [0.15, 0.2) is 5.16 Å². The van der Waals surface area contributed by atoms with E-state index < -0.39 is 38.6 Å². The largest absolute Gasteiger partial charge is 0.478 e. The van der Waals surface area contributed by atoms with E-state index in [2.05, 4.69) is 10.3 Å². The van der Waals surface area contributed by atoms with Gasteiger partial charge in [0.25, 0.3) is 0 Å². The summed E-state index contributed by atoms with van der Waals surface area (Å²) in [6.45, 7) is 3.75. The van der Waals surface area contributed by atoms with Crippen molar-refractivity contribution in [1.82, 2.24) is 9.78 Å². The van der Waals surface area contributed by atoms with Crippen LogP contribution in [0.2, 0.25) is 0 Å². The van der Waals surface area contributed by atoms with E-state index in [0.717, 1.165) is 4.68 Å². The second-order valence-electron chi connectivity index (χ2n) is 6.33. The molecule has 0 aromatic carbocycles. The lowest BCUT2D eigenvalue weighted by molar-refractivity contribution is -0.142. The van der Waals surface area contributed by atoms with Gasteiger partial charge in [0, 0.05) is 19.4 Å². The van der Waals surface area contributed by atoms with Gasteiger partial charge < -0.3 is 9.57 Å². The molecule has 1 aromatic heterocycles. The highest BCUT2D eigenvalue weighted by atomic mass is 32.2. The summed E-state index contributed by atoms with van der Waals surface area (Å²) in [7, 11) is -4.08. The van der Waals surface area contributed by atoms with Gasteiger partial charge in [-0.25, -0.2) is 13.1 Å². The Morgan fingerprint density at radius 1 is 1.33 bits per heavy atom. The van der Waals surface area contributed by atoms with Crippen molar-refractivity contribution in [3.63, 3.8) is 0 Å². The van der Waals surface area contributed by atoms with E-state index in [9.17, 15) is 21.6 Å². The molecule has 2 aliphatic heterocycles. The lowest BCUT2D eigenvalue weighted by atomic mass is 10.1. The Morgan fingerprint density at radius 2 is 2.04 bits per heavy atom. The fourth-order valence-electron chi connectivity index (χ4n) is 2.58. The quantitative estimate of drug-likeness (QED) is 0.800. The predicted molar refractivity (Wildman–Crippen MR) is 77.2 cm³/mol. The van der Waals surface area contributed by atoms with Crippen LogP contribution in [-0.4, -0.2) is 35.4 Å². The molecule has 11 heteroatoms. The third kappa shape index (κ3) is 3.08. The molecule has 7 nitrogen and oxygen atoms in total. The first-order valence-corrected chi connectivity index (χ1v) is 8.92. The van der Waals surface area contributed by atoms with Crippen LogP contribution >= 0.6 is 0 Å². The van der Waals surface area contributed by atoms with E-state index in [1.54, 1.807) is 13.8 Å². The van der Waals surface area contributed by atoms with Crippen molar-refractivity contribution in [1.29, 1.82) is 0 Å². The minimum Gasteiger partial charge on any atom is -0.478 e. The summed E-state index contributed by atoms with van der Waals surface area (Å²) in [6.07, 6.45) is -4.26. The van der Waals surface area contributed by atoms with Gasteiger partial charge in [-0.3, -0.25) is 0 Å². The van der Waals surface area contributed by atoms with Crippen molar-refractivity contribution >= 4 is 14.9 Å². The molecule has 0 spiro atoms. The molecule has 0 saturated heterocycles. The minimum absolute atomic E-state index is 0.00100. The first-order valence-electron chi connectivity index (χ1n) is 7.27. The molecule has 0 bridgehead atoms. The number of sulfone groups is 1. The third-order valence-electron chi connectivity index (χ3n) is 3.69. The SMILES string of the molecule is CC1(C)CC(S(=O)(=O)Cc2c(C(F)(F)F)nn3c2OCCC3)=NO1. The second kappa shape index (κ2) is 5.36. The molecule has 2 aliphatic rings. The molecule has 134 valence electrons. The maximum Gasteiger partial charge on any atom is 0.435 e. The van der Waals surface area contributed by atoms with Crippen molar-refractivity contribution in [2.75, 3.05) is 6.61 Å². The van der Waals surface area contributed by atoms with Crippen LogP contribution in [0.25, 0.3) is 0 Å². The highest BCUT2D eigenvalue weighted by Crippen LogP contribution is 2.38. The first-order chi connectivity index (χ1) is 11.0.